The second-order valence-corrected chi connectivity index (χ2v) is 5.60. The number of aryl methyl sites for hydroxylation is 1. The van der Waals surface area contributed by atoms with Gasteiger partial charge in [-0.15, -0.1) is 0 Å². The van der Waals surface area contributed by atoms with Crippen LogP contribution in [0.3, 0.4) is 0 Å². The largest absolute Gasteiger partial charge is 0.352 e. The smallest absolute Gasteiger partial charge is 0.220 e. The van der Waals surface area contributed by atoms with E-state index in [0.717, 1.165) is 18.4 Å². The molecule has 0 spiro atoms. The number of carbonyl (C=O) groups is 1. The molecule has 2 aromatic carbocycles. The van der Waals surface area contributed by atoms with Gasteiger partial charge < -0.3 is 5.32 Å². The molecule has 0 saturated heterocycles. The first-order chi connectivity index (χ1) is 10.2. The van der Waals surface area contributed by atoms with Crippen LogP contribution in [0.5, 0.6) is 0 Å². The third kappa shape index (κ3) is 5.82. The summed E-state index contributed by atoms with van der Waals surface area (Å²) in [6, 6.07) is 20.5. The van der Waals surface area contributed by atoms with Crippen molar-refractivity contribution in [3.05, 3.63) is 71.8 Å². The summed E-state index contributed by atoms with van der Waals surface area (Å²) in [5.74, 6) is 0.542. The Hall–Kier alpha value is -2.09. The Morgan fingerprint density at radius 3 is 2.14 bits per heavy atom. The Morgan fingerprint density at radius 2 is 1.52 bits per heavy atom. The molecule has 1 N–H and O–H groups in total. The van der Waals surface area contributed by atoms with E-state index < -0.39 is 0 Å². The standard InChI is InChI=1S/C19H23NO/c1-16(12-13-17-8-4-2-5-9-17)14-19(21)20-15-18-10-6-3-7-11-18/h2-11,16H,12-15H2,1H3,(H,20,21). The lowest BCUT2D eigenvalue weighted by Crippen LogP contribution is -2.24. The minimum Gasteiger partial charge on any atom is -0.352 e. The highest BCUT2D eigenvalue weighted by Crippen LogP contribution is 2.12. The molecule has 0 aliphatic heterocycles. The van der Waals surface area contributed by atoms with Gasteiger partial charge in [-0.05, 0) is 29.9 Å². The highest BCUT2D eigenvalue weighted by Gasteiger charge is 2.09. The molecule has 0 aromatic heterocycles. The fourth-order valence-electron chi connectivity index (χ4n) is 2.34. The number of nitrogens with one attached hydrogen (secondary N) is 1. The lowest BCUT2D eigenvalue weighted by atomic mass is 9.98. The molecular weight excluding hydrogens is 258 g/mol. The van der Waals surface area contributed by atoms with E-state index in [-0.39, 0.29) is 5.91 Å². The minimum atomic E-state index is 0.138. The average molecular weight is 281 g/mol. The number of amides is 1. The normalized spacial score (nSPS) is 11.9. The van der Waals surface area contributed by atoms with Crippen LogP contribution in [-0.4, -0.2) is 5.91 Å². The van der Waals surface area contributed by atoms with Crippen LogP contribution < -0.4 is 5.32 Å². The Morgan fingerprint density at radius 1 is 0.952 bits per heavy atom. The Kier molecular flexibility index (Phi) is 6.01. The first-order valence-electron chi connectivity index (χ1n) is 7.58. The van der Waals surface area contributed by atoms with E-state index in [1.54, 1.807) is 0 Å². The summed E-state index contributed by atoms with van der Waals surface area (Å²) in [5.41, 5.74) is 2.48. The fourth-order valence-corrected chi connectivity index (χ4v) is 2.34. The number of hydrogen-bond donors (Lipinski definition) is 1. The molecule has 1 amide bonds. The van der Waals surface area contributed by atoms with Crippen LogP contribution in [0.1, 0.15) is 30.9 Å². The van der Waals surface area contributed by atoms with Gasteiger partial charge in [-0.25, -0.2) is 0 Å². The molecule has 110 valence electrons. The van der Waals surface area contributed by atoms with Gasteiger partial charge in [0.1, 0.15) is 0 Å². The minimum absolute atomic E-state index is 0.138. The van der Waals surface area contributed by atoms with E-state index in [9.17, 15) is 4.79 Å². The molecule has 0 radical (unpaired) electrons. The highest BCUT2D eigenvalue weighted by atomic mass is 16.1. The average Bonchev–Trinajstić information content (AvgIpc) is 2.53. The monoisotopic (exact) mass is 281 g/mol. The number of hydrogen-bond acceptors (Lipinski definition) is 1. The van der Waals surface area contributed by atoms with Crippen LogP contribution in [0, 0.1) is 5.92 Å². The van der Waals surface area contributed by atoms with Gasteiger partial charge >= 0.3 is 0 Å². The number of benzene rings is 2. The van der Waals surface area contributed by atoms with Crippen molar-refractivity contribution >= 4 is 5.91 Å². The number of carbonyl (C=O) groups excluding carboxylic acids is 1. The maximum absolute atomic E-state index is 11.9. The lowest BCUT2D eigenvalue weighted by molar-refractivity contribution is -0.122. The van der Waals surface area contributed by atoms with Crippen molar-refractivity contribution in [3.8, 4) is 0 Å². The highest BCUT2D eigenvalue weighted by molar-refractivity contribution is 5.76. The zero-order valence-corrected chi connectivity index (χ0v) is 12.6. The van der Waals surface area contributed by atoms with E-state index in [4.69, 9.17) is 0 Å². The van der Waals surface area contributed by atoms with E-state index in [1.807, 2.05) is 36.4 Å². The second-order valence-electron chi connectivity index (χ2n) is 5.60. The zero-order chi connectivity index (χ0) is 14.9. The van der Waals surface area contributed by atoms with E-state index in [0.29, 0.717) is 18.9 Å². The van der Waals surface area contributed by atoms with Crippen molar-refractivity contribution in [1.29, 1.82) is 0 Å². The van der Waals surface area contributed by atoms with Gasteiger partial charge in [0.05, 0.1) is 0 Å². The number of rotatable bonds is 7. The van der Waals surface area contributed by atoms with Crippen molar-refractivity contribution in [2.24, 2.45) is 5.92 Å². The molecule has 2 nitrogen and oxygen atoms in total. The molecule has 2 heteroatoms. The maximum Gasteiger partial charge on any atom is 0.220 e. The molecule has 0 heterocycles. The van der Waals surface area contributed by atoms with Crippen molar-refractivity contribution in [2.45, 2.75) is 32.7 Å². The van der Waals surface area contributed by atoms with Crippen molar-refractivity contribution < 1.29 is 4.79 Å². The molecular formula is C19H23NO. The molecule has 0 aliphatic rings. The molecule has 0 fully saturated rings. The summed E-state index contributed by atoms with van der Waals surface area (Å²) in [4.78, 5) is 11.9. The summed E-state index contributed by atoms with van der Waals surface area (Å²) < 4.78 is 0. The maximum atomic E-state index is 11.9. The van der Waals surface area contributed by atoms with Crippen molar-refractivity contribution in [3.63, 3.8) is 0 Å². The first-order valence-corrected chi connectivity index (χ1v) is 7.58. The molecule has 21 heavy (non-hydrogen) atoms. The van der Waals surface area contributed by atoms with Crippen LogP contribution in [0.2, 0.25) is 0 Å². The fraction of sp³-hybridized carbons (Fsp3) is 0.316. The van der Waals surface area contributed by atoms with E-state index >= 15 is 0 Å². The summed E-state index contributed by atoms with van der Waals surface area (Å²) in [7, 11) is 0. The van der Waals surface area contributed by atoms with Crippen LogP contribution in [0.25, 0.3) is 0 Å². The van der Waals surface area contributed by atoms with Gasteiger partial charge in [0.25, 0.3) is 0 Å². The van der Waals surface area contributed by atoms with E-state index in [2.05, 4.69) is 36.5 Å². The summed E-state index contributed by atoms with van der Waals surface area (Å²) in [5, 5.41) is 2.99. The molecule has 0 saturated carbocycles. The molecule has 0 bridgehead atoms. The lowest BCUT2D eigenvalue weighted by Gasteiger charge is -2.11. The predicted molar refractivity (Wildman–Crippen MR) is 86.8 cm³/mol. The summed E-state index contributed by atoms with van der Waals surface area (Å²) >= 11 is 0. The van der Waals surface area contributed by atoms with Crippen LogP contribution in [0.15, 0.2) is 60.7 Å². The Bertz CT molecular complexity index is 536. The summed E-state index contributed by atoms with van der Waals surface area (Å²) in [6.45, 7) is 2.76. The first kappa shape index (κ1) is 15.3. The van der Waals surface area contributed by atoms with Crippen LogP contribution in [0.4, 0.5) is 0 Å². The molecule has 1 unspecified atom stereocenters. The Labute approximate surface area is 127 Å². The van der Waals surface area contributed by atoms with Gasteiger partial charge in [-0.1, -0.05) is 67.6 Å². The summed E-state index contributed by atoms with van der Waals surface area (Å²) in [6.07, 6.45) is 2.68. The molecule has 2 aromatic rings. The van der Waals surface area contributed by atoms with Gasteiger partial charge in [-0.3, -0.25) is 4.79 Å². The van der Waals surface area contributed by atoms with Crippen molar-refractivity contribution in [1.82, 2.24) is 5.32 Å². The third-order valence-electron chi connectivity index (χ3n) is 3.63. The molecule has 2 rings (SSSR count). The SMILES string of the molecule is CC(CCc1ccccc1)CC(=O)NCc1ccccc1. The van der Waals surface area contributed by atoms with Crippen LogP contribution in [-0.2, 0) is 17.8 Å². The molecule has 0 aliphatic carbocycles. The zero-order valence-electron chi connectivity index (χ0n) is 12.6. The third-order valence-corrected chi connectivity index (χ3v) is 3.63. The van der Waals surface area contributed by atoms with Crippen molar-refractivity contribution in [2.75, 3.05) is 0 Å². The van der Waals surface area contributed by atoms with Gasteiger partial charge in [-0.2, -0.15) is 0 Å². The van der Waals surface area contributed by atoms with Gasteiger partial charge in [0.2, 0.25) is 5.91 Å². The molecule has 1 atom stereocenters. The topological polar surface area (TPSA) is 29.1 Å². The quantitative estimate of drug-likeness (QED) is 0.817. The predicted octanol–water partition coefficient (Wildman–Crippen LogP) is 3.96. The van der Waals surface area contributed by atoms with Crippen LogP contribution >= 0.6 is 0 Å². The second kappa shape index (κ2) is 8.25. The van der Waals surface area contributed by atoms with E-state index in [1.165, 1.54) is 5.56 Å². The van der Waals surface area contributed by atoms with Gasteiger partial charge in [0, 0.05) is 13.0 Å². The Balaban J connectivity index is 1.67. The van der Waals surface area contributed by atoms with Gasteiger partial charge in [0.15, 0.2) is 0 Å².